The quantitative estimate of drug-likeness (QED) is 0.447. The Kier molecular flexibility index (Phi) is 7.97. The molecule has 0 bridgehead atoms. The van der Waals surface area contributed by atoms with Gasteiger partial charge in [-0.15, -0.1) is 12.4 Å². The molecule has 2 aromatic rings. The molecule has 1 aromatic heterocycles. The van der Waals surface area contributed by atoms with Crippen LogP contribution in [0.1, 0.15) is 55.7 Å². The van der Waals surface area contributed by atoms with Gasteiger partial charge in [0.15, 0.2) is 12.4 Å². The van der Waals surface area contributed by atoms with Crippen LogP contribution < -0.4 is 10.0 Å². The predicted molar refractivity (Wildman–Crippen MR) is 135 cm³/mol. The number of carbonyl (C=O) groups is 2. The minimum Gasteiger partial charge on any atom is -0.619 e. The summed E-state index contributed by atoms with van der Waals surface area (Å²) in [6.07, 6.45) is 8.57. The van der Waals surface area contributed by atoms with Crippen LogP contribution in [0.2, 0.25) is 0 Å². The number of hydrogen-bond acceptors (Lipinski definition) is 4. The highest BCUT2D eigenvalue weighted by Crippen LogP contribution is 2.42. The molecule has 3 fully saturated rings. The van der Waals surface area contributed by atoms with Crippen molar-refractivity contribution in [3.05, 3.63) is 71.2 Å². The second kappa shape index (κ2) is 11.0. The van der Waals surface area contributed by atoms with Crippen LogP contribution in [0.4, 0.5) is 0 Å². The van der Waals surface area contributed by atoms with Gasteiger partial charge in [-0.25, -0.2) is 0 Å². The molecule has 3 aliphatic rings. The summed E-state index contributed by atoms with van der Waals surface area (Å²) in [6.45, 7) is 4.11. The first-order valence-electron chi connectivity index (χ1n) is 12.6. The van der Waals surface area contributed by atoms with Gasteiger partial charge in [-0.1, -0.05) is 30.3 Å². The second-order valence-electron chi connectivity index (χ2n) is 10.2. The SMILES string of the molecule is Cl.O=C(N[C@@H](CCN1CCC2(CC1)CCN(Cc1cc[n+]([O-])cc1)C2=O)c1ccccc1)C1CC1. The van der Waals surface area contributed by atoms with Gasteiger partial charge in [-0.05, 0) is 62.7 Å². The van der Waals surface area contributed by atoms with Crippen LogP contribution in [-0.4, -0.2) is 47.8 Å². The maximum absolute atomic E-state index is 13.3. The molecule has 0 radical (unpaired) electrons. The predicted octanol–water partition coefficient (Wildman–Crippen LogP) is 3.21. The first-order valence-corrected chi connectivity index (χ1v) is 12.6. The molecular formula is C27H35ClN4O3. The van der Waals surface area contributed by atoms with Gasteiger partial charge in [-0.2, -0.15) is 4.73 Å². The van der Waals surface area contributed by atoms with Crippen LogP contribution in [0.15, 0.2) is 54.9 Å². The molecule has 0 unspecified atom stereocenters. The lowest BCUT2D eigenvalue weighted by molar-refractivity contribution is -0.605. The zero-order valence-corrected chi connectivity index (χ0v) is 20.9. The lowest BCUT2D eigenvalue weighted by atomic mass is 9.77. The first-order chi connectivity index (χ1) is 16.5. The smallest absolute Gasteiger partial charge is 0.229 e. The number of pyridine rings is 1. The van der Waals surface area contributed by atoms with E-state index in [1.165, 1.54) is 12.4 Å². The Morgan fingerprint density at radius 1 is 1.06 bits per heavy atom. The fourth-order valence-electron chi connectivity index (χ4n) is 5.44. The number of nitrogens with one attached hydrogen (secondary N) is 1. The van der Waals surface area contributed by atoms with E-state index in [-0.39, 0.29) is 41.6 Å². The summed E-state index contributed by atoms with van der Waals surface area (Å²) in [6, 6.07) is 13.9. The Hall–Kier alpha value is -2.64. The van der Waals surface area contributed by atoms with E-state index < -0.39 is 0 Å². The third kappa shape index (κ3) is 5.96. The van der Waals surface area contributed by atoms with Crippen molar-refractivity contribution in [2.75, 3.05) is 26.2 Å². The molecule has 5 rings (SSSR count). The maximum Gasteiger partial charge on any atom is 0.229 e. The Balaban J connectivity index is 0.00000289. The van der Waals surface area contributed by atoms with E-state index >= 15 is 0 Å². The Bertz CT molecular complexity index is 1000. The van der Waals surface area contributed by atoms with E-state index in [4.69, 9.17) is 0 Å². The number of benzene rings is 1. The molecule has 2 amide bonds. The molecule has 1 aromatic carbocycles. The summed E-state index contributed by atoms with van der Waals surface area (Å²) in [5, 5.41) is 14.5. The van der Waals surface area contributed by atoms with Crippen LogP contribution in [0.3, 0.4) is 0 Å². The van der Waals surface area contributed by atoms with Gasteiger partial charge in [0.05, 0.1) is 11.5 Å². The number of rotatable bonds is 8. The number of nitrogens with zero attached hydrogens (tertiary/aromatic N) is 3. The van der Waals surface area contributed by atoms with Crippen LogP contribution in [0.25, 0.3) is 0 Å². The van der Waals surface area contributed by atoms with Gasteiger partial charge in [0.1, 0.15) is 0 Å². The summed E-state index contributed by atoms with van der Waals surface area (Å²) in [4.78, 5) is 30.1. The number of aromatic nitrogens is 1. The summed E-state index contributed by atoms with van der Waals surface area (Å²) in [7, 11) is 0. The highest BCUT2D eigenvalue weighted by Gasteiger charge is 2.47. The van der Waals surface area contributed by atoms with E-state index in [9.17, 15) is 14.8 Å². The van der Waals surface area contributed by atoms with Gasteiger partial charge < -0.3 is 20.3 Å². The number of likely N-dealkylation sites (tertiary alicyclic amines) is 2. The van der Waals surface area contributed by atoms with Crippen molar-refractivity contribution in [3.8, 4) is 0 Å². The topological polar surface area (TPSA) is 79.6 Å². The third-order valence-electron chi connectivity index (χ3n) is 7.86. The summed E-state index contributed by atoms with van der Waals surface area (Å²) in [5.74, 6) is 0.658. The number of hydrogen-bond donors (Lipinski definition) is 1. The number of piperidine rings is 1. The van der Waals surface area contributed by atoms with Gasteiger partial charge in [-0.3, -0.25) is 9.59 Å². The zero-order valence-electron chi connectivity index (χ0n) is 20.1. The minimum atomic E-state index is -0.233. The van der Waals surface area contributed by atoms with Crippen molar-refractivity contribution >= 4 is 24.2 Å². The number of halogens is 1. The van der Waals surface area contributed by atoms with E-state index in [0.29, 0.717) is 6.54 Å². The van der Waals surface area contributed by atoms with Gasteiger partial charge in [0, 0.05) is 37.7 Å². The standard InChI is InChI=1S/C27H34N4O3.ClH/c32-25(23-6-7-23)28-24(22-4-2-1-3-5-22)10-14-29-17-11-27(12-18-29)13-19-30(26(27)33)20-21-8-15-31(34)16-9-21;/h1-5,8-9,15-16,23-24H,6-7,10-14,17-20H2,(H,28,32);1H/t24-;/m0./s1. The van der Waals surface area contributed by atoms with Crippen LogP contribution in [-0.2, 0) is 16.1 Å². The molecule has 1 atom stereocenters. The molecule has 7 nitrogen and oxygen atoms in total. The largest absolute Gasteiger partial charge is 0.619 e. The van der Waals surface area contributed by atoms with E-state index in [1.54, 1.807) is 12.1 Å². The summed E-state index contributed by atoms with van der Waals surface area (Å²) >= 11 is 0. The van der Waals surface area contributed by atoms with Gasteiger partial charge in [0.25, 0.3) is 0 Å². The van der Waals surface area contributed by atoms with Crippen LogP contribution >= 0.6 is 12.4 Å². The van der Waals surface area contributed by atoms with E-state index in [0.717, 1.165) is 80.6 Å². The first kappa shape index (κ1) is 25.5. The van der Waals surface area contributed by atoms with Crippen molar-refractivity contribution in [1.82, 2.24) is 15.1 Å². The van der Waals surface area contributed by atoms with Gasteiger partial charge >= 0.3 is 0 Å². The summed E-state index contributed by atoms with van der Waals surface area (Å²) < 4.78 is 0.770. The van der Waals surface area contributed by atoms with Crippen molar-refractivity contribution in [3.63, 3.8) is 0 Å². The Labute approximate surface area is 213 Å². The molecule has 1 spiro atoms. The van der Waals surface area contributed by atoms with E-state index in [1.807, 2.05) is 23.1 Å². The maximum atomic E-state index is 13.3. The average molecular weight is 499 g/mol. The summed E-state index contributed by atoms with van der Waals surface area (Å²) in [5.41, 5.74) is 1.92. The number of amides is 2. The average Bonchev–Trinajstić information content (AvgIpc) is 3.68. The van der Waals surface area contributed by atoms with Crippen molar-refractivity contribution in [2.24, 2.45) is 11.3 Å². The van der Waals surface area contributed by atoms with Crippen molar-refractivity contribution < 1.29 is 14.3 Å². The lowest BCUT2D eigenvalue weighted by Crippen LogP contribution is -2.45. The molecule has 35 heavy (non-hydrogen) atoms. The van der Waals surface area contributed by atoms with Crippen LogP contribution in [0, 0.1) is 16.5 Å². The third-order valence-corrected chi connectivity index (χ3v) is 7.86. The molecule has 188 valence electrons. The molecular weight excluding hydrogens is 464 g/mol. The monoisotopic (exact) mass is 498 g/mol. The molecule has 2 aliphatic heterocycles. The zero-order chi connectivity index (χ0) is 23.5. The highest BCUT2D eigenvalue weighted by molar-refractivity contribution is 5.85. The van der Waals surface area contributed by atoms with Crippen LogP contribution in [0.5, 0.6) is 0 Å². The fraction of sp³-hybridized carbons (Fsp3) is 0.519. The fourth-order valence-corrected chi connectivity index (χ4v) is 5.44. The number of carbonyl (C=O) groups excluding carboxylic acids is 2. The normalized spacial score (nSPS) is 20.5. The van der Waals surface area contributed by atoms with Crippen molar-refractivity contribution in [2.45, 2.75) is 51.1 Å². The lowest BCUT2D eigenvalue weighted by Gasteiger charge is -2.38. The minimum absolute atomic E-state index is 0. The van der Waals surface area contributed by atoms with E-state index in [2.05, 4.69) is 22.3 Å². The molecule has 1 N–H and O–H groups in total. The molecule has 1 saturated carbocycles. The molecule has 3 heterocycles. The molecule has 2 saturated heterocycles. The highest BCUT2D eigenvalue weighted by atomic mass is 35.5. The Morgan fingerprint density at radius 2 is 1.71 bits per heavy atom. The van der Waals surface area contributed by atoms with Gasteiger partial charge in [0.2, 0.25) is 11.8 Å². The molecule has 1 aliphatic carbocycles. The molecule has 8 heteroatoms. The van der Waals surface area contributed by atoms with Crippen molar-refractivity contribution in [1.29, 1.82) is 0 Å². The Morgan fingerprint density at radius 3 is 2.37 bits per heavy atom. The second-order valence-corrected chi connectivity index (χ2v) is 10.2.